The average Bonchev–Trinajstić information content (AvgIpc) is 2.09. The lowest BCUT2D eigenvalue weighted by molar-refractivity contribution is 0.467. The lowest BCUT2D eigenvalue weighted by Gasteiger charge is -2.11. The van der Waals surface area contributed by atoms with Gasteiger partial charge in [-0.05, 0) is 18.6 Å². The topological polar surface area (TPSA) is 57.6 Å². The molecule has 1 aromatic carbocycles. The minimum atomic E-state index is -3.44. The molecular weight excluding hydrogens is 202 g/mol. The second-order valence-electron chi connectivity index (χ2n) is 3.24. The molecule has 0 aliphatic rings. The van der Waals surface area contributed by atoms with Crippen LogP contribution in [-0.4, -0.2) is 31.9 Å². The molecule has 14 heavy (non-hydrogen) atoms. The molecule has 1 rings (SSSR count). The van der Waals surface area contributed by atoms with Gasteiger partial charge in [0.05, 0.1) is 4.90 Å². The zero-order valence-corrected chi connectivity index (χ0v) is 9.17. The number of benzene rings is 1. The number of aryl methyl sites for hydroxylation is 1. The summed E-state index contributed by atoms with van der Waals surface area (Å²) in [4.78, 5) is 0.102. The van der Waals surface area contributed by atoms with Gasteiger partial charge < -0.3 is 5.11 Å². The van der Waals surface area contributed by atoms with Crippen LogP contribution in [-0.2, 0) is 10.0 Å². The Bertz CT molecular complexity index is 437. The van der Waals surface area contributed by atoms with Gasteiger partial charge in [0.25, 0.3) is 0 Å². The Morgan fingerprint density at radius 3 is 2.29 bits per heavy atom. The van der Waals surface area contributed by atoms with E-state index in [1.165, 1.54) is 26.2 Å². The molecule has 0 atom stereocenters. The van der Waals surface area contributed by atoms with Crippen molar-refractivity contribution in [3.8, 4) is 5.75 Å². The Hall–Kier alpha value is -1.07. The van der Waals surface area contributed by atoms with Crippen LogP contribution in [0.25, 0.3) is 0 Å². The molecule has 5 heteroatoms. The van der Waals surface area contributed by atoms with Gasteiger partial charge in [0.2, 0.25) is 10.0 Å². The highest BCUT2D eigenvalue weighted by atomic mass is 32.2. The first-order valence-corrected chi connectivity index (χ1v) is 5.52. The fraction of sp³-hybridized carbons (Fsp3) is 0.333. The summed E-state index contributed by atoms with van der Waals surface area (Å²) in [5.41, 5.74) is 0.655. The second kappa shape index (κ2) is 3.59. The molecule has 0 saturated heterocycles. The summed E-state index contributed by atoms with van der Waals surface area (Å²) in [5.74, 6) is -0.00655. The molecule has 0 aliphatic heterocycles. The van der Waals surface area contributed by atoms with E-state index >= 15 is 0 Å². The molecule has 0 heterocycles. The molecule has 1 aromatic rings. The third-order valence-corrected chi connectivity index (χ3v) is 3.77. The van der Waals surface area contributed by atoms with Crippen molar-refractivity contribution in [1.82, 2.24) is 4.31 Å². The molecule has 0 radical (unpaired) electrons. The van der Waals surface area contributed by atoms with Gasteiger partial charge in [0, 0.05) is 20.2 Å². The Labute approximate surface area is 83.8 Å². The van der Waals surface area contributed by atoms with E-state index in [-0.39, 0.29) is 10.6 Å². The zero-order valence-electron chi connectivity index (χ0n) is 8.35. The van der Waals surface area contributed by atoms with E-state index in [0.717, 1.165) is 4.31 Å². The third kappa shape index (κ3) is 1.88. The number of nitrogens with zero attached hydrogens (tertiary/aromatic N) is 1. The smallest absolute Gasteiger partial charge is 0.242 e. The Morgan fingerprint density at radius 1 is 1.29 bits per heavy atom. The Balaban J connectivity index is 3.29. The molecule has 0 saturated carbocycles. The first kappa shape index (κ1) is 11.0. The molecule has 0 spiro atoms. The third-order valence-electron chi connectivity index (χ3n) is 1.96. The van der Waals surface area contributed by atoms with Crippen molar-refractivity contribution >= 4 is 10.0 Å². The van der Waals surface area contributed by atoms with Crippen LogP contribution in [0.2, 0.25) is 0 Å². The first-order valence-electron chi connectivity index (χ1n) is 4.08. The minimum Gasteiger partial charge on any atom is -0.508 e. The number of hydrogen-bond donors (Lipinski definition) is 1. The van der Waals surface area contributed by atoms with Gasteiger partial charge in [0.1, 0.15) is 5.75 Å². The number of aromatic hydroxyl groups is 1. The molecule has 0 amide bonds. The van der Waals surface area contributed by atoms with Crippen molar-refractivity contribution in [2.45, 2.75) is 11.8 Å². The number of phenols is 1. The average molecular weight is 215 g/mol. The Kier molecular flexibility index (Phi) is 2.82. The van der Waals surface area contributed by atoms with Gasteiger partial charge >= 0.3 is 0 Å². The maximum Gasteiger partial charge on any atom is 0.242 e. The van der Waals surface area contributed by atoms with Crippen LogP contribution >= 0.6 is 0 Å². The predicted molar refractivity (Wildman–Crippen MR) is 53.7 cm³/mol. The van der Waals surface area contributed by atoms with E-state index in [1.54, 1.807) is 13.0 Å². The highest BCUT2D eigenvalue weighted by molar-refractivity contribution is 7.89. The van der Waals surface area contributed by atoms with Crippen molar-refractivity contribution in [1.29, 1.82) is 0 Å². The van der Waals surface area contributed by atoms with Crippen molar-refractivity contribution in [2.24, 2.45) is 0 Å². The number of phenolic OH excluding ortho intramolecular Hbond substituents is 1. The van der Waals surface area contributed by atoms with Crippen LogP contribution < -0.4 is 0 Å². The molecule has 78 valence electrons. The monoisotopic (exact) mass is 215 g/mol. The molecule has 0 fully saturated rings. The zero-order chi connectivity index (χ0) is 10.9. The van der Waals surface area contributed by atoms with Crippen molar-refractivity contribution < 1.29 is 13.5 Å². The van der Waals surface area contributed by atoms with Gasteiger partial charge in [-0.3, -0.25) is 0 Å². The van der Waals surface area contributed by atoms with Crippen molar-refractivity contribution in [2.75, 3.05) is 14.1 Å². The van der Waals surface area contributed by atoms with E-state index in [2.05, 4.69) is 0 Å². The lowest BCUT2D eigenvalue weighted by Crippen LogP contribution is -2.22. The van der Waals surface area contributed by atoms with E-state index in [4.69, 9.17) is 0 Å². The van der Waals surface area contributed by atoms with Crippen LogP contribution in [0, 0.1) is 6.92 Å². The van der Waals surface area contributed by atoms with Gasteiger partial charge in [-0.1, -0.05) is 6.07 Å². The van der Waals surface area contributed by atoms with Crippen LogP contribution in [0.5, 0.6) is 5.75 Å². The fourth-order valence-electron chi connectivity index (χ4n) is 0.960. The summed E-state index contributed by atoms with van der Waals surface area (Å²) in [6, 6.07) is 4.31. The van der Waals surface area contributed by atoms with E-state index < -0.39 is 10.0 Å². The molecule has 1 N–H and O–H groups in total. The van der Waals surface area contributed by atoms with E-state index in [9.17, 15) is 13.5 Å². The standard InChI is InChI=1S/C9H13NO3S/c1-7-4-5-8(6-9(7)11)14(12,13)10(2)3/h4-6,11H,1-3H3. The lowest BCUT2D eigenvalue weighted by atomic mass is 10.2. The summed E-state index contributed by atoms with van der Waals surface area (Å²) in [6.07, 6.45) is 0. The summed E-state index contributed by atoms with van der Waals surface area (Å²) in [6.45, 7) is 1.71. The number of hydrogen-bond acceptors (Lipinski definition) is 3. The highest BCUT2D eigenvalue weighted by Gasteiger charge is 2.17. The first-order chi connectivity index (χ1) is 6.35. The summed E-state index contributed by atoms with van der Waals surface area (Å²) in [5, 5.41) is 9.36. The maximum absolute atomic E-state index is 11.6. The summed E-state index contributed by atoms with van der Waals surface area (Å²) < 4.78 is 24.3. The SMILES string of the molecule is Cc1ccc(S(=O)(=O)N(C)C)cc1O. The predicted octanol–water partition coefficient (Wildman–Crippen LogP) is 0.951. The quantitative estimate of drug-likeness (QED) is 0.799. The molecular formula is C9H13NO3S. The summed E-state index contributed by atoms with van der Waals surface area (Å²) >= 11 is 0. The maximum atomic E-state index is 11.6. The van der Waals surface area contributed by atoms with Crippen LogP contribution in [0.1, 0.15) is 5.56 Å². The molecule has 0 aliphatic carbocycles. The normalized spacial score (nSPS) is 12.0. The van der Waals surface area contributed by atoms with E-state index in [0.29, 0.717) is 5.56 Å². The molecule has 4 nitrogen and oxygen atoms in total. The minimum absolute atomic E-state index is 0.00655. The number of sulfonamides is 1. The van der Waals surface area contributed by atoms with Gasteiger partial charge in [-0.15, -0.1) is 0 Å². The van der Waals surface area contributed by atoms with Crippen LogP contribution in [0.15, 0.2) is 23.1 Å². The van der Waals surface area contributed by atoms with Crippen molar-refractivity contribution in [3.63, 3.8) is 0 Å². The highest BCUT2D eigenvalue weighted by Crippen LogP contribution is 2.22. The van der Waals surface area contributed by atoms with E-state index in [1.807, 2.05) is 0 Å². The fourth-order valence-corrected chi connectivity index (χ4v) is 1.88. The largest absolute Gasteiger partial charge is 0.508 e. The Morgan fingerprint density at radius 2 is 1.86 bits per heavy atom. The van der Waals surface area contributed by atoms with Gasteiger partial charge in [0.15, 0.2) is 0 Å². The molecule has 0 aromatic heterocycles. The van der Waals surface area contributed by atoms with Gasteiger partial charge in [-0.2, -0.15) is 0 Å². The van der Waals surface area contributed by atoms with Crippen LogP contribution in [0.3, 0.4) is 0 Å². The summed E-state index contributed by atoms with van der Waals surface area (Å²) in [7, 11) is -0.542. The van der Waals surface area contributed by atoms with Crippen molar-refractivity contribution in [3.05, 3.63) is 23.8 Å². The second-order valence-corrected chi connectivity index (χ2v) is 5.39. The molecule has 0 unspecified atom stereocenters. The van der Waals surface area contributed by atoms with Gasteiger partial charge in [-0.25, -0.2) is 12.7 Å². The number of rotatable bonds is 2. The van der Waals surface area contributed by atoms with Crippen LogP contribution in [0.4, 0.5) is 0 Å². The molecule has 0 bridgehead atoms.